The Bertz CT molecular complexity index is 1160. The molecule has 0 fully saturated rings. The SMILES string of the molecule is COc1ccc(N(CC(=O)Nc2ccccc2C)S(=O)(=O)c2ccccc2)c(OC)c1. The summed E-state index contributed by atoms with van der Waals surface area (Å²) in [5.41, 5.74) is 1.72. The number of sulfonamides is 1. The van der Waals surface area contributed by atoms with Gasteiger partial charge in [-0.05, 0) is 42.8 Å². The average molecular weight is 441 g/mol. The molecule has 0 aliphatic heterocycles. The second kappa shape index (κ2) is 9.53. The number of methoxy groups -OCH3 is 2. The fourth-order valence-electron chi connectivity index (χ4n) is 3.04. The minimum atomic E-state index is -4.05. The van der Waals surface area contributed by atoms with E-state index in [4.69, 9.17) is 9.47 Å². The summed E-state index contributed by atoms with van der Waals surface area (Å²) in [6, 6.07) is 20.0. The Labute approximate surface area is 182 Å². The van der Waals surface area contributed by atoms with Crippen LogP contribution in [0.25, 0.3) is 0 Å². The first-order valence-electron chi connectivity index (χ1n) is 9.52. The molecule has 0 aliphatic carbocycles. The zero-order valence-corrected chi connectivity index (χ0v) is 18.3. The van der Waals surface area contributed by atoms with E-state index in [1.165, 1.54) is 26.4 Å². The molecule has 31 heavy (non-hydrogen) atoms. The van der Waals surface area contributed by atoms with Gasteiger partial charge < -0.3 is 14.8 Å². The summed E-state index contributed by atoms with van der Waals surface area (Å²) in [6.07, 6.45) is 0. The number of hydrogen-bond acceptors (Lipinski definition) is 5. The summed E-state index contributed by atoms with van der Waals surface area (Å²) in [7, 11) is -1.12. The molecule has 0 aromatic heterocycles. The van der Waals surface area contributed by atoms with Gasteiger partial charge in [-0.1, -0.05) is 36.4 Å². The lowest BCUT2D eigenvalue weighted by atomic mass is 10.2. The van der Waals surface area contributed by atoms with Crippen molar-refractivity contribution in [2.75, 3.05) is 30.4 Å². The van der Waals surface area contributed by atoms with Crippen LogP contribution in [-0.4, -0.2) is 35.1 Å². The molecule has 3 rings (SSSR count). The number of para-hydroxylation sites is 1. The van der Waals surface area contributed by atoms with Crippen molar-refractivity contribution in [1.82, 2.24) is 0 Å². The second-order valence-corrected chi connectivity index (χ2v) is 8.59. The summed E-state index contributed by atoms with van der Waals surface area (Å²) in [5, 5.41) is 2.78. The van der Waals surface area contributed by atoms with Crippen LogP contribution >= 0.6 is 0 Å². The van der Waals surface area contributed by atoms with E-state index in [-0.39, 0.29) is 16.3 Å². The third-order valence-electron chi connectivity index (χ3n) is 4.69. The Morgan fingerprint density at radius 2 is 1.61 bits per heavy atom. The van der Waals surface area contributed by atoms with Gasteiger partial charge in [-0.3, -0.25) is 9.10 Å². The van der Waals surface area contributed by atoms with Gasteiger partial charge in [-0.15, -0.1) is 0 Å². The zero-order chi connectivity index (χ0) is 22.4. The van der Waals surface area contributed by atoms with Gasteiger partial charge in [0, 0.05) is 11.8 Å². The van der Waals surface area contributed by atoms with Crippen LogP contribution < -0.4 is 19.1 Å². The largest absolute Gasteiger partial charge is 0.497 e. The number of carbonyl (C=O) groups is 1. The van der Waals surface area contributed by atoms with Gasteiger partial charge in [-0.25, -0.2) is 8.42 Å². The summed E-state index contributed by atoms with van der Waals surface area (Å²) in [5.74, 6) is 0.288. The maximum absolute atomic E-state index is 13.5. The molecule has 0 heterocycles. The number of carbonyl (C=O) groups excluding carboxylic acids is 1. The lowest BCUT2D eigenvalue weighted by Gasteiger charge is -2.26. The van der Waals surface area contributed by atoms with E-state index < -0.39 is 22.5 Å². The number of hydrogen-bond donors (Lipinski definition) is 1. The number of rotatable bonds is 8. The zero-order valence-electron chi connectivity index (χ0n) is 17.5. The predicted octanol–water partition coefficient (Wildman–Crippen LogP) is 3.85. The number of nitrogens with one attached hydrogen (secondary N) is 1. The molecule has 0 bridgehead atoms. The van der Waals surface area contributed by atoms with Crippen LogP contribution in [0.4, 0.5) is 11.4 Å². The highest BCUT2D eigenvalue weighted by Gasteiger charge is 2.29. The highest BCUT2D eigenvalue weighted by molar-refractivity contribution is 7.92. The van der Waals surface area contributed by atoms with Crippen molar-refractivity contribution >= 4 is 27.3 Å². The second-order valence-electron chi connectivity index (χ2n) is 6.73. The lowest BCUT2D eigenvalue weighted by molar-refractivity contribution is -0.114. The third-order valence-corrected chi connectivity index (χ3v) is 6.47. The van der Waals surface area contributed by atoms with Crippen molar-refractivity contribution in [3.8, 4) is 11.5 Å². The standard InChI is InChI=1S/C23H24N2O5S/c1-17-9-7-8-12-20(17)24-23(26)16-25(31(27,28)19-10-5-4-6-11-19)21-14-13-18(29-2)15-22(21)30-3/h4-15H,16H2,1-3H3,(H,24,26). The molecule has 1 amide bonds. The molecule has 0 radical (unpaired) electrons. The van der Waals surface area contributed by atoms with E-state index in [1.807, 2.05) is 19.1 Å². The van der Waals surface area contributed by atoms with Crippen molar-refractivity contribution in [2.24, 2.45) is 0 Å². The molecule has 0 atom stereocenters. The number of ether oxygens (including phenoxy) is 2. The molecule has 0 saturated carbocycles. The van der Waals surface area contributed by atoms with Crippen molar-refractivity contribution in [1.29, 1.82) is 0 Å². The number of anilines is 2. The Morgan fingerprint density at radius 1 is 0.935 bits per heavy atom. The minimum Gasteiger partial charge on any atom is -0.497 e. The van der Waals surface area contributed by atoms with Crippen molar-refractivity contribution in [3.05, 3.63) is 78.4 Å². The molecule has 0 unspecified atom stereocenters. The Balaban J connectivity index is 2.03. The summed E-state index contributed by atoms with van der Waals surface area (Å²) < 4.78 is 38.6. The normalized spacial score (nSPS) is 10.9. The van der Waals surface area contributed by atoms with Crippen molar-refractivity contribution < 1.29 is 22.7 Å². The van der Waals surface area contributed by atoms with Crippen LogP contribution in [0.5, 0.6) is 11.5 Å². The predicted molar refractivity (Wildman–Crippen MR) is 120 cm³/mol. The molecule has 0 saturated heterocycles. The van der Waals surface area contributed by atoms with Gasteiger partial charge in [0.05, 0.1) is 24.8 Å². The van der Waals surface area contributed by atoms with E-state index >= 15 is 0 Å². The molecule has 3 aromatic rings. The maximum atomic E-state index is 13.5. The van der Waals surface area contributed by atoms with E-state index in [0.29, 0.717) is 11.4 Å². The molecule has 7 nitrogen and oxygen atoms in total. The molecule has 8 heteroatoms. The van der Waals surface area contributed by atoms with E-state index in [1.54, 1.807) is 48.5 Å². The minimum absolute atomic E-state index is 0.0663. The van der Waals surface area contributed by atoms with E-state index in [2.05, 4.69) is 5.32 Å². The van der Waals surface area contributed by atoms with Crippen molar-refractivity contribution in [3.63, 3.8) is 0 Å². The topological polar surface area (TPSA) is 84.9 Å². The molecule has 0 aliphatic rings. The highest BCUT2D eigenvalue weighted by atomic mass is 32.2. The molecule has 162 valence electrons. The maximum Gasteiger partial charge on any atom is 0.264 e. The first-order chi connectivity index (χ1) is 14.9. The van der Waals surface area contributed by atoms with Gasteiger partial charge in [0.2, 0.25) is 5.91 Å². The third kappa shape index (κ3) is 4.97. The van der Waals surface area contributed by atoms with Crippen LogP contribution in [-0.2, 0) is 14.8 Å². The molecular weight excluding hydrogens is 416 g/mol. The fourth-order valence-corrected chi connectivity index (χ4v) is 4.50. The van der Waals surface area contributed by atoms with Crippen LogP contribution in [0.1, 0.15) is 5.56 Å². The number of aryl methyl sites for hydroxylation is 1. The van der Waals surface area contributed by atoms with E-state index in [9.17, 15) is 13.2 Å². The first kappa shape index (κ1) is 22.2. The van der Waals surface area contributed by atoms with Gasteiger partial charge in [0.1, 0.15) is 18.0 Å². The van der Waals surface area contributed by atoms with Crippen molar-refractivity contribution in [2.45, 2.75) is 11.8 Å². The lowest BCUT2D eigenvalue weighted by Crippen LogP contribution is -2.38. The van der Waals surface area contributed by atoms with Gasteiger partial charge >= 0.3 is 0 Å². The Kier molecular flexibility index (Phi) is 6.81. The van der Waals surface area contributed by atoms with Gasteiger partial charge in [0.25, 0.3) is 10.0 Å². The molecular formula is C23H24N2O5S. The van der Waals surface area contributed by atoms with Gasteiger partial charge in [0.15, 0.2) is 0 Å². The summed E-state index contributed by atoms with van der Waals surface area (Å²) in [6.45, 7) is 1.43. The molecule has 1 N–H and O–H groups in total. The highest BCUT2D eigenvalue weighted by Crippen LogP contribution is 2.35. The first-order valence-corrected chi connectivity index (χ1v) is 11.0. The smallest absolute Gasteiger partial charge is 0.264 e. The van der Waals surface area contributed by atoms with Crippen LogP contribution in [0.15, 0.2) is 77.7 Å². The van der Waals surface area contributed by atoms with Crippen LogP contribution in [0.2, 0.25) is 0 Å². The number of nitrogens with zero attached hydrogens (tertiary/aromatic N) is 1. The van der Waals surface area contributed by atoms with Crippen LogP contribution in [0.3, 0.4) is 0 Å². The Morgan fingerprint density at radius 3 is 2.26 bits per heavy atom. The fraction of sp³-hybridized carbons (Fsp3) is 0.174. The Hall–Kier alpha value is -3.52. The quantitative estimate of drug-likeness (QED) is 0.575. The summed E-state index contributed by atoms with van der Waals surface area (Å²) >= 11 is 0. The molecule has 0 spiro atoms. The number of benzene rings is 3. The van der Waals surface area contributed by atoms with Gasteiger partial charge in [-0.2, -0.15) is 0 Å². The number of amides is 1. The average Bonchev–Trinajstić information content (AvgIpc) is 2.79. The monoisotopic (exact) mass is 440 g/mol. The van der Waals surface area contributed by atoms with E-state index in [0.717, 1.165) is 9.87 Å². The summed E-state index contributed by atoms with van der Waals surface area (Å²) in [4.78, 5) is 12.9. The van der Waals surface area contributed by atoms with Crippen LogP contribution in [0, 0.1) is 6.92 Å². The molecule has 3 aromatic carbocycles.